The number of nitrogens with zero attached hydrogens (tertiary/aromatic N) is 1. The number of aryl methyl sites for hydroxylation is 3. The van der Waals surface area contributed by atoms with Gasteiger partial charge >= 0.3 is 5.97 Å². The van der Waals surface area contributed by atoms with Gasteiger partial charge in [-0.05, 0) is 67.7 Å². The van der Waals surface area contributed by atoms with Gasteiger partial charge < -0.3 is 4.74 Å². The summed E-state index contributed by atoms with van der Waals surface area (Å²) in [5, 5.41) is 0. The molecule has 2 aliphatic heterocycles. The molecule has 5 nitrogen and oxygen atoms in total. The number of methoxy groups -OCH3 is 1. The van der Waals surface area contributed by atoms with Crippen molar-refractivity contribution < 1.29 is 17.9 Å². The third kappa shape index (κ3) is 2.51. The van der Waals surface area contributed by atoms with Crippen LogP contribution in [0.25, 0.3) is 0 Å². The summed E-state index contributed by atoms with van der Waals surface area (Å²) in [5.74, 6) is -0.356. The Labute approximate surface area is 165 Å². The van der Waals surface area contributed by atoms with Gasteiger partial charge in [-0.15, -0.1) is 0 Å². The number of rotatable bonds is 3. The lowest BCUT2D eigenvalue weighted by atomic mass is 9.68. The highest BCUT2D eigenvalue weighted by molar-refractivity contribution is 7.93. The molecule has 0 amide bonds. The van der Waals surface area contributed by atoms with Gasteiger partial charge in [-0.25, -0.2) is 13.2 Å². The number of sulfonamides is 1. The molecule has 1 saturated carbocycles. The minimum atomic E-state index is -3.78. The SMILES string of the molecule is C=C1C2CC1N(S(=O)(=O)c1c(C)cc(C)cc1C)c1ccc(C(=O)OC)cc12. The number of benzene rings is 2. The first-order valence-corrected chi connectivity index (χ1v) is 10.6. The summed E-state index contributed by atoms with van der Waals surface area (Å²) in [4.78, 5) is 12.3. The topological polar surface area (TPSA) is 63.7 Å². The molecule has 2 aromatic rings. The first kappa shape index (κ1) is 18.7. The molecule has 0 radical (unpaired) electrons. The van der Waals surface area contributed by atoms with E-state index in [1.54, 1.807) is 18.2 Å². The monoisotopic (exact) mass is 397 g/mol. The Kier molecular flexibility index (Phi) is 4.16. The normalized spacial score (nSPS) is 20.4. The molecule has 0 saturated heterocycles. The number of anilines is 1. The number of hydrogen-bond donors (Lipinski definition) is 0. The van der Waals surface area contributed by atoms with Crippen molar-refractivity contribution in [2.45, 2.75) is 44.0 Å². The van der Waals surface area contributed by atoms with Gasteiger partial charge in [-0.3, -0.25) is 4.31 Å². The second kappa shape index (κ2) is 6.21. The minimum Gasteiger partial charge on any atom is -0.465 e. The zero-order chi connectivity index (χ0) is 20.4. The standard InChI is InChI=1S/C22H23NO4S/c1-12-8-13(2)21(14(3)9-12)28(25,26)23-19-7-6-16(22(24)27-5)10-18(19)17-11-20(23)15(17)4/h6-10,17,20H,4,11H2,1-3,5H3. The molecule has 28 heavy (non-hydrogen) atoms. The van der Waals surface area contributed by atoms with E-state index >= 15 is 0 Å². The van der Waals surface area contributed by atoms with E-state index < -0.39 is 16.0 Å². The predicted octanol–water partition coefficient (Wildman–Crippen LogP) is 4.02. The summed E-state index contributed by atoms with van der Waals surface area (Å²) < 4.78 is 33.8. The maximum absolute atomic E-state index is 13.8. The van der Waals surface area contributed by atoms with E-state index in [2.05, 4.69) is 6.58 Å². The molecule has 2 atom stereocenters. The summed E-state index contributed by atoms with van der Waals surface area (Å²) in [6.45, 7) is 9.75. The fourth-order valence-electron chi connectivity index (χ4n) is 4.59. The molecule has 2 bridgehead atoms. The predicted molar refractivity (Wildman–Crippen MR) is 108 cm³/mol. The van der Waals surface area contributed by atoms with Crippen molar-refractivity contribution in [3.63, 3.8) is 0 Å². The third-order valence-electron chi connectivity index (χ3n) is 5.80. The van der Waals surface area contributed by atoms with Gasteiger partial charge in [0.1, 0.15) is 0 Å². The molecule has 146 valence electrons. The van der Waals surface area contributed by atoms with Crippen molar-refractivity contribution in [1.82, 2.24) is 0 Å². The van der Waals surface area contributed by atoms with Gasteiger partial charge in [-0.2, -0.15) is 0 Å². The van der Waals surface area contributed by atoms with Crippen LogP contribution in [0.15, 0.2) is 47.4 Å². The Balaban J connectivity index is 1.91. The van der Waals surface area contributed by atoms with E-state index in [1.807, 2.05) is 32.9 Å². The molecule has 0 spiro atoms. The van der Waals surface area contributed by atoms with Crippen LogP contribution in [0.2, 0.25) is 0 Å². The van der Waals surface area contributed by atoms with E-state index in [9.17, 15) is 13.2 Å². The second-order valence-electron chi connectivity index (χ2n) is 7.67. The summed E-state index contributed by atoms with van der Waals surface area (Å²) >= 11 is 0. The minimum absolute atomic E-state index is 0.0799. The average molecular weight is 397 g/mol. The first-order valence-electron chi connectivity index (χ1n) is 9.20. The number of ether oxygens (including phenoxy) is 1. The number of carbonyl (C=O) groups excluding carboxylic acids is 1. The molecule has 1 aliphatic carbocycles. The Morgan fingerprint density at radius 3 is 2.36 bits per heavy atom. The van der Waals surface area contributed by atoms with Crippen LogP contribution in [0, 0.1) is 20.8 Å². The lowest BCUT2D eigenvalue weighted by molar-refractivity contribution is 0.0600. The van der Waals surface area contributed by atoms with Gasteiger partial charge in [0, 0.05) is 5.92 Å². The number of carbonyl (C=O) groups is 1. The molecule has 2 unspecified atom stereocenters. The van der Waals surface area contributed by atoms with Crippen LogP contribution in [0.1, 0.15) is 45.0 Å². The zero-order valence-corrected chi connectivity index (χ0v) is 17.3. The molecule has 2 aromatic carbocycles. The van der Waals surface area contributed by atoms with Gasteiger partial charge in [0.15, 0.2) is 0 Å². The Bertz CT molecular complexity index is 1110. The lowest BCUT2D eigenvalue weighted by Crippen LogP contribution is -2.53. The molecule has 6 heteroatoms. The Morgan fingerprint density at radius 2 is 1.79 bits per heavy atom. The van der Waals surface area contributed by atoms with E-state index in [1.165, 1.54) is 11.4 Å². The molecule has 3 aliphatic rings. The van der Waals surface area contributed by atoms with Crippen LogP contribution in [0.4, 0.5) is 5.69 Å². The zero-order valence-electron chi connectivity index (χ0n) is 16.4. The highest BCUT2D eigenvalue weighted by Gasteiger charge is 2.50. The van der Waals surface area contributed by atoms with Crippen LogP contribution in [0.5, 0.6) is 0 Å². The fourth-order valence-corrected chi connectivity index (χ4v) is 6.70. The van der Waals surface area contributed by atoms with Crippen molar-refractivity contribution in [2.75, 3.05) is 11.4 Å². The van der Waals surface area contributed by atoms with Crippen molar-refractivity contribution in [2.24, 2.45) is 0 Å². The van der Waals surface area contributed by atoms with Crippen LogP contribution >= 0.6 is 0 Å². The Hall–Kier alpha value is -2.60. The molecular weight excluding hydrogens is 374 g/mol. The van der Waals surface area contributed by atoms with Crippen LogP contribution < -0.4 is 4.31 Å². The van der Waals surface area contributed by atoms with E-state index in [-0.39, 0.29) is 12.0 Å². The maximum Gasteiger partial charge on any atom is 0.337 e. The van der Waals surface area contributed by atoms with Crippen LogP contribution in [0.3, 0.4) is 0 Å². The van der Waals surface area contributed by atoms with Crippen molar-refractivity contribution >= 4 is 21.7 Å². The number of hydrogen-bond acceptors (Lipinski definition) is 4. The summed E-state index contributed by atoms with van der Waals surface area (Å²) in [5.41, 5.74) is 5.24. The molecule has 0 N–H and O–H groups in total. The van der Waals surface area contributed by atoms with Crippen LogP contribution in [-0.4, -0.2) is 27.5 Å². The summed E-state index contributed by atoms with van der Waals surface area (Å²) in [6.07, 6.45) is 0.680. The summed E-state index contributed by atoms with van der Waals surface area (Å²) in [6, 6.07) is 8.61. The van der Waals surface area contributed by atoms with Crippen molar-refractivity contribution in [1.29, 1.82) is 0 Å². The van der Waals surface area contributed by atoms with E-state index in [0.29, 0.717) is 22.6 Å². The average Bonchev–Trinajstić information content (AvgIpc) is 2.63. The highest BCUT2D eigenvalue weighted by atomic mass is 32.2. The fraction of sp³-hybridized carbons (Fsp3) is 0.318. The van der Waals surface area contributed by atoms with E-state index in [0.717, 1.165) is 27.8 Å². The first-order chi connectivity index (χ1) is 13.2. The van der Waals surface area contributed by atoms with Crippen LogP contribution in [-0.2, 0) is 14.8 Å². The maximum atomic E-state index is 13.8. The van der Waals surface area contributed by atoms with Crippen molar-refractivity contribution in [3.8, 4) is 0 Å². The second-order valence-corrected chi connectivity index (χ2v) is 9.42. The van der Waals surface area contributed by atoms with Gasteiger partial charge in [0.05, 0.1) is 29.3 Å². The lowest BCUT2D eigenvalue weighted by Gasteiger charge is -2.52. The van der Waals surface area contributed by atoms with Gasteiger partial charge in [0.25, 0.3) is 10.0 Å². The van der Waals surface area contributed by atoms with Crippen molar-refractivity contribution in [3.05, 3.63) is 70.3 Å². The summed E-state index contributed by atoms with van der Waals surface area (Å²) in [7, 11) is -2.45. The smallest absolute Gasteiger partial charge is 0.337 e. The Morgan fingerprint density at radius 1 is 1.14 bits per heavy atom. The quantitative estimate of drug-likeness (QED) is 0.580. The number of esters is 1. The van der Waals surface area contributed by atoms with Gasteiger partial charge in [-0.1, -0.05) is 24.3 Å². The molecular formula is C22H23NO4S. The van der Waals surface area contributed by atoms with E-state index in [4.69, 9.17) is 4.74 Å². The van der Waals surface area contributed by atoms with Gasteiger partial charge in [0.2, 0.25) is 0 Å². The molecule has 5 rings (SSSR count). The molecule has 2 heterocycles. The molecule has 0 aromatic heterocycles. The third-order valence-corrected chi connectivity index (χ3v) is 7.93. The largest absolute Gasteiger partial charge is 0.465 e. The highest BCUT2D eigenvalue weighted by Crippen LogP contribution is 2.55. The molecule has 1 fully saturated rings.